The summed E-state index contributed by atoms with van der Waals surface area (Å²) < 4.78 is 17.8. The van der Waals surface area contributed by atoms with E-state index in [1.54, 1.807) is 13.0 Å². The highest BCUT2D eigenvalue weighted by atomic mass is 32.2. The number of hydrogen-bond donors (Lipinski definition) is 1. The summed E-state index contributed by atoms with van der Waals surface area (Å²) in [6.45, 7) is 5.62. The molecule has 1 aliphatic rings. The molecule has 1 N–H and O–H groups in total. The van der Waals surface area contributed by atoms with Crippen LogP contribution in [0.5, 0.6) is 0 Å². The van der Waals surface area contributed by atoms with Crippen LogP contribution in [0, 0.1) is 0 Å². The van der Waals surface area contributed by atoms with E-state index in [-0.39, 0.29) is 5.91 Å². The number of ether oxygens (including phenoxy) is 1. The molecule has 1 aliphatic carbocycles. The highest BCUT2D eigenvalue weighted by Crippen LogP contribution is 2.24. The van der Waals surface area contributed by atoms with Crippen LogP contribution in [0.15, 0.2) is 36.9 Å². The highest BCUT2D eigenvalue weighted by molar-refractivity contribution is 7.84. The summed E-state index contributed by atoms with van der Waals surface area (Å²) in [6.07, 6.45) is 6.86. The summed E-state index contributed by atoms with van der Waals surface area (Å²) in [6, 6.07) is 7.59. The normalized spacial score (nSPS) is 17.9. The molecule has 0 bridgehead atoms. The van der Waals surface area contributed by atoms with Gasteiger partial charge in [0.1, 0.15) is 6.10 Å². The molecular formula is C19H27NO3S. The summed E-state index contributed by atoms with van der Waals surface area (Å²) in [4.78, 5) is 12.1. The fraction of sp³-hybridized carbons (Fsp3) is 0.526. The third-order valence-corrected chi connectivity index (χ3v) is 6.09. The maximum absolute atomic E-state index is 12.5. The lowest BCUT2D eigenvalue weighted by molar-refractivity contribution is -0.125. The van der Waals surface area contributed by atoms with Gasteiger partial charge in [-0.3, -0.25) is 9.00 Å². The van der Waals surface area contributed by atoms with Gasteiger partial charge in [-0.05, 0) is 37.5 Å². The first-order valence-corrected chi connectivity index (χ1v) is 9.98. The number of hydrogen-bond acceptors (Lipinski definition) is 3. The van der Waals surface area contributed by atoms with Gasteiger partial charge in [0.05, 0.1) is 6.61 Å². The number of rotatable bonds is 8. The minimum Gasteiger partial charge on any atom is -0.365 e. The van der Waals surface area contributed by atoms with E-state index in [1.165, 1.54) is 19.3 Å². The topological polar surface area (TPSA) is 55.4 Å². The monoisotopic (exact) mass is 349 g/mol. The van der Waals surface area contributed by atoms with Crippen LogP contribution >= 0.6 is 0 Å². The van der Waals surface area contributed by atoms with Gasteiger partial charge in [-0.15, -0.1) is 6.58 Å². The molecule has 1 aromatic carbocycles. The molecule has 1 saturated carbocycles. The van der Waals surface area contributed by atoms with Gasteiger partial charge in [0.25, 0.3) is 5.91 Å². The Kier molecular flexibility index (Phi) is 7.66. The predicted molar refractivity (Wildman–Crippen MR) is 99.4 cm³/mol. The first-order valence-electron chi connectivity index (χ1n) is 8.59. The van der Waals surface area contributed by atoms with Crippen molar-refractivity contribution in [3.8, 4) is 0 Å². The Morgan fingerprint density at radius 1 is 1.42 bits per heavy atom. The van der Waals surface area contributed by atoms with Crippen molar-refractivity contribution in [2.24, 2.45) is 0 Å². The van der Waals surface area contributed by atoms with Crippen molar-refractivity contribution in [1.82, 2.24) is 0 Å². The molecule has 2 rings (SSSR count). The van der Waals surface area contributed by atoms with E-state index in [0.717, 1.165) is 18.4 Å². The van der Waals surface area contributed by atoms with Gasteiger partial charge in [-0.25, -0.2) is 0 Å². The second-order valence-electron chi connectivity index (χ2n) is 6.24. The summed E-state index contributed by atoms with van der Waals surface area (Å²) in [5, 5.41) is 3.17. The zero-order valence-electron chi connectivity index (χ0n) is 14.3. The van der Waals surface area contributed by atoms with Gasteiger partial charge >= 0.3 is 0 Å². The number of carbonyl (C=O) groups excluding carboxylic acids is 1. The van der Waals surface area contributed by atoms with E-state index in [4.69, 9.17) is 4.74 Å². The molecule has 5 heteroatoms. The first kappa shape index (κ1) is 18.9. The largest absolute Gasteiger partial charge is 0.365 e. The molecule has 0 saturated heterocycles. The van der Waals surface area contributed by atoms with Crippen molar-refractivity contribution in [2.75, 3.05) is 11.9 Å². The van der Waals surface area contributed by atoms with E-state index in [1.807, 2.05) is 24.3 Å². The van der Waals surface area contributed by atoms with Crippen LogP contribution in [-0.2, 0) is 26.1 Å². The van der Waals surface area contributed by atoms with Gasteiger partial charge in [0, 0.05) is 27.5 Å². The Labute approximate surface area is 147 Å². The van der Waals surface area contributed by atoms with Gasteiger partial charge in [0.15, 0.2) is 0 Å². The summed E-state index contributed by atoms with van der Waals surface area (Å²) in [7, 11) is -0.840. The minimum atomic E-state index is -0.840. The lowest BCUT2D eigenvalue weighted by Gasteiger charge is -2.21. The van der Waals surface area contributed by atoms with Gasteiger partial charge in [-0.2, -0.15) is 0 Å². The van der Waals surface area contributed by atoms with Crippen LogP contribution in [0.4, 0.5) is 5.69 Å². The molecule has 24 heavy (non-hydrogen) atoms. The molecule has 1 fully saturated rings. The molecule has 0 aliphatic heterocycles. The fourth-order valence-corrected chi connectivity index (χ4v) is 4.48. The SMILES string of the molecule is C=CCOC(C)C(=O)Nc1cccc(CS(=O)C2CCCCC2)c1. The van der Waals surface area contributed by atoms with Crippen molar-refractivity contribution in [3.63, 3.8) is 0 Å². The average Bonchev–Trinajstić information content (AvgIpc) is 2.60. The van der Waals surface area contributed by atoms with Gasteiger partial charge in [-0.1, -0.05) is 37.5 Å². The maximum atomic E-state index is 12.5. The van der Waals surface area contributed by atoms with E-state index in [0.29, 0.717) is 23.3 Å². The summed E-state index contributed by atoms with van der Waals surface area (Å²) >= 11 is 0. The fourth-order valence-electron chi connectivity index (χ4n) is 2.88. The minimum absolute atomic E-state index is 0.192. The summed E-state index contributed by atoms with van der Waals surface area (Å²) in [5.41, 5.74) is 1.71. The maximum Gasteiger partial charge on any atom is 0.253 e. The molecule has 0 spiro atoms. The Bertz CT molecular complexity index is 582. The smallest absolute Gasteiger partial charge is 0.253 e. The number of anilines is 1. The molecule has 0 heterocycles. The molecule has 1 amide bonds. The van der Waals surface area contributed by atoms with Crippen LogP contribution in [0.2, 0.25) is 0 Å². The van der Waals surface area contributed by atoms with Crippen molar-refractivity contribution in [1.29, 1.82) is 0 Å². The van der Waals surface area contributed by atoms with Crippen LogP contribution < -0.4 is 5.32 Å². The van der Waals surface area contributed by atoms with E-state index in [9.17, 15) is 9.00 Å². The lowest BCUT2D eigenvalue weighted by Crippen LogP contribution is -2.27. The number of nitrogens with one attached hydrogen (secondary N) is 1. The van der Waals surface area contributed by atoms with Crippen LogP contribution in [0.3, 0.4) is 0 Å². The van der Waals surface area contributed by atoms with Gasteiger partial charge in [0.2, 0.25) is 0 Å². The number of amides is 1. The van der Waals surface area contributed by atoms with Crippen molar-refractivity contribution in [2.45, 2.75) is 56.1 Å². The predicted octanol–water partition coefficient (Wildman–Crippen LogP) is 3.80. The van der Waals surface area contributed by atoms with Crippen molar-refractivity contribution >= 4 is 22.4 Å². The molecule has 2 atom stereocenters. The number of benzene rings is 1. The van der Waals surface area contributed by atoms with Crippen molar-refractivity contribution in [3.05, 3.63) is 42.5 Å². The standard InChI is InChI=1S/C19H27NO3S/c1-3-12-23-15(2)19(21)20-17-9-7-8-16(13-17)14-24(22)18-10-5-4-6-11-18/h3,7-9,13,15,18H,1,4-6,10-12,14H2,2H3,(H,20,21). The summed E-state index contributed by atoms with van der Waals surface area (Å²) in [5.74, 6) is 0.360. The molecule has 2 unspecified atom stereocenters. The third-order valence-electron chi connectivity index (χ3n) is 4.26. The molecule has 0 aromatic heterocycles. The van der Waals surface area contributed by atoms with Crippen LogP contribution in [0.25, 0.3) is 0 Å². The Balaban J connectivity index is 1.91. The quantitative estimate of drug-likeness (QED) is 0.726. The average molecular weight is 349 g/mol. The lowest BCUT2D eigenvalue weighted by atomic mass is 10.0. The zero-order valence-corrected chi connectivity index (χ0v) is 15.1. The Morgan fingerprint density at radius 3 is 2.88 bits per heavy atom. The van der Waals surface area contributed by atoms with Gasteiger partial charge < -0.3 is 10.1 Å². The Hall–Kier alpha value is -1.46. The second-order valence-corrected chi connectivity index (χ2v) is 7.96. The van der Waals surface area contributed by atoms with E-state index >= 15 is 0 Å². The number of carbonyl (C=O) groups is 1. The van der Waals surface area contributed by atoms with Crippen LogP contribution in [0.1, 0.15) is 44.6 Å². The van der Waals surface area contributed by atoms with E-state index in [2.05, 4.69) is 11.9 Å². The van der Waals surface area contributed by atoms with E-state index < -0.39 is 16.9 Å². The molecule has 4 nitrogen and oxygen atoms in total. The third kappa shape index (κ3) is 5.87. The first-order chi connectivity index (χ1) is 11.6. The second kappa shape index (κ2) is 9.74. The molecule has 1 aromatic rings. The zero-order chi connectivity index (χ0) is 17.4. The van der Waals surface area contributed by atoms with Crippen LogP contribution in [-0.4, -0.2) is 28.1 Å². The highest BCUT2D eigenvalue weighted by Gasteiger charge is 2.20. The Morgan fingerprint density at radius 2 is 2.17 bits per heavy atom. The molecular weight excluding hydrogens is 322 g/mol. The van der Waals surface area contributed by atoms with Crippen molar-refractivity contribution < 1.29 is 13.7 Å². The molecule has 132 valence electrons. The molecule has 0 radical (unpaired) electrons.